The van der Waals surface area contributed by atoms with Crippen LogP contribution < -0.4 is 10.1 Å². The van der Waals surface area contributed by atoms with Crippen molar-refractivity contribution in [2.45, 2.75) is 19.4 Å². The molecule has 1 saturated heterocycles. The maximum atomic E-state index is 12.7. The first-order valence-corrected chi connectivity index (χ1v) is 7.86. The standard InChI is InChI=1S/C17H20N4O3/c1-11-10-18-16(22)7-8-21(11)17(23)15-9-14(19-20-15)12-3-5-13(24-2)6-4-12/h3-6,9,11H,7-8,10H2,1-2H3,(H,18,22)(H,19,20). The summed E-state index contributed by atoms with van der Waals surface area (Å²) in [5.41, 5.74) is 2.01. The zero-order valence-corrected chi connectivity index (χ0v) is 13.7. The first-order chi connectivity index (χ1) is 11.6. The summed E-state index contributed by atoms with van der Waals surface area (Å²) in [6, 6.07) is 9.15. The predicted molar refractivity (Wildman–Crippen MR) is 88.7 cm³/mol. The SMILES string of the molecule is COc1ccc(-c2cc(C(=O)N3CCC(=O)NCC3C)[nH]n2)cc1. The van der Waals surface area contributed by atoms with Gasteiger partial charge in [-0.05, 0) is 37.3 Å². The second-order valence-corrected chi connectivity index (χ2v) is 5.80. The maximum absolute atomic E-state index is 12.7. The van der Waals surface area contributed by atoms with Gasteiger partial charge in [0.1, 0.15) is 11.4 Å². The molecule has 0 radical (unpaired) electrons. The van der Waals surface area contributed by atoms with Crippen LogP contribution >= 0.6 is 0 Å². The third kappa shape index (κ3) is 3.24. The molecule has 2 amide bonds. The number of aromatic nitrogens is 2. The summed E-state index contributed by atoms with van der Waals surface area (Å²) in [5, 5.41) is 9.83. The molecule has 0 aliphatic carbocycles. The van der Waals surface area contributed by atoms with Gasteiger partial charge in [-0.1, -0.05) is 0 Å². The number of ether oxygens (including phenoxy) is 1. The Labute approximate surface area is 140 Å². The number of H-pyrrole nitrogens is 1. The Balaban J connectivity index is 1.78. The van der Waals surface area contributed by atoms with Crippen LogP contribution in [0.15, 0.2) is 30.3 Å². The number of rotatable bonds is 3. The molecule has 1 fully saturated rings. The summed E-state index contributed by atoms with van der Waals surface area (Å²) in [6.07, 6.45) is 0.315. The third-order valence-electron chi connectivity index (χ3n) is 4.16. The van der Waals surface area contributed by atoms with Crippen molar-refractivity contribution in [1.29, 1.82) is 0 Å². The highest BCUT2D eigenvalue weighted by atomic mass is 16.5. The molecule has 1 unspecified atom stereocenters. The van der Waals surface area contributed by atoms with Crippen molar-refractivity contribution in [1.82, 2.24) is 20.4 Å². The molecule has 2 heterocycles. The monoisotopic (exact) mass is 328 g/mol. The summed E-state index contributed by atoms with van der Waals surface area (Å²) in [4.78, 5) is 25.9. The fourth-order valence-corrected chi connectivity index (χ4v) is 2.70. The van der Waals surface area contributed by atoms with Crippen LogP contribution in [0.2, 0.25) is 0 Å². The number of nitrogens with one attached hydrogen (secondary N) is 2. The Kier molecular flexibility index (Phi) is 4.50. The summed E-state index contributed by atoms with van der Waals surface area (Å²) in [5.74, 6) is 0.591. The molecule has 1 aromatic heterocycles. The first kappa shape index (κ1) is 16.0. The van der Waals surface area contributed by atoms with Crippen molar-refractivity contribution in [3.05, 3.63) is 36.0 Å². The topological polar surface area (TPSA) is 87.3 Å². The Morgan fingerprint density at radius 2 is 2.08 bits per heavy atom. The molecule has 0 bridgehead atoms. The Bertz CT molecular complexity index is 739. The Hall–Kier alpha value is -2.83. The highest BCUT2D eigenvalue weighted by molar-refractivity contribution is 5.94. The molecule has 1 aliphatic heterocycles. The lowest BCUT2D eigenvalue weighted by Gasteiger charge is -2.25. The molecule has 24 heavy (non-hydrogen) atoms. The minimum Gasteiger partial charge on any atom is -0.497 e. The Morgan fingerprint density at radius 1 is 1.33 bits per heavy atom. The molecule has 0 spiro atoms. The summed E-state index contributed by atoms with van der Waals surface area (Å²) in [6.45, 7) is 2.79. The van der Waals surface area contributed by atoms with Crippen molar-refractivity contribution in [3.8, 4) is 17.0 Å². The maximum Gasteiger partial charge on any atom is 0.272 e. The molecule has 3 rings (SSSR count). The van der Waals surface area contributed by atoms with E-state index in [-0.39, 0.29) is 17.9 Å². The quantitative estimate of drug-likeness (QED) is 0.892. The van der Waals surface area contributed by atoms with Crippen LogP contribution in [-0.4, -0.2) is 53.2 Å². The van der Waals surface area contributed by atoms with Crippen LogP contribution in [-0.2, 0) is 4.79 Å². The number of hydrogen-bond donors (Lipinski definition) is 2. The van der Waals surface area contributed by atoms with E-state index in [9.17, 15) is 9.59 Å². The average Bonchev–Trinajstić information content (AvgIpc) is 3.03. The highest BCUT2D eigenvalue weighted by Crippen LogP contribution is 2.22. The smallest absolute Gasteiger partial charge is 0.272 e. The van der Waals surface area contributed by atoms with Crippen LogP contribution in [0.1, 0.15) is 23.8 Å². The second kappa shape index (κ2) is 6.74. The number of carbonyl (C=O) groups excluding carboxylic acids is 2. The number of hydrogen-bond acceptors (Lipinski definition) is 4. The molecule has 7 heteroatoms. The third-order valence-corrected chi connectivity index (χ3v) is 4.16. The zero-order valence-electron chi connectivity index (χ0n) is 13.7. The number of carbonyl (C=O) groups is 2. The molecule has 1 aromatic carbocycles. The van der Waals surface area contributed by atoms with Crippen molar-refractivity contribution < 1.29 is 14.3 Å². The van der Waals surface area contributed by atoms with E-state index in [1.807, 2.05) is 31.2 Å². The minimum atomic E-state index is -0.147. The van der Waals surface area contributed by atoms with Gasteiger partial charge in [-0.2, -0.15) is 5.10 Å². The summed E-state index contributed by atoms with van der Waals surface area (Å²) in [7, 11) is 1.61. The lowest BCUT2D eigenvalue weighted by Crippen LogP contribution is -2.41. The van der Waals surface area contributed by atoms with Gasteiger partial charge in [0.05, 0.1) is 12.8 Å². The van der Waals surface area contributed by atoms with Gasteiger partial charge in [-0.15, -0.1) is 0 Å². The fraction of sp³-hybridized carbons (Fsp3) is 0.353. The first-order valence-electron chi connectivity index (χ1n) is 7.86. The van der Waals surface area contributed by atoms with Crippen LogP contribution in [0.4, 0.5) is 0 Å². The van der Waals surface area contributed by atoms with Gasteiger partial charge in [0.15, 0.2) is 0 Å². The van der Waals surface area contributed by atoms with Gasteiger partial charge in [-0.3, -0.25) is 14.7 Å². The Morgan fingerprint density at radius 3 is 2.79 bits per heavy atom. The second-order valence-electron chi connectivity index (χ2n) is 5.80. The van der Waals surface area contributed by atoms with E-state index < -0.39 is 0 Å². The molecule has 7 nitrogen and oxygen atoms in total. The average molecular weight is 328 g/mol. The van der Waals surface area contributed by atoms with Gasteiger partial charge in [0, 0.05) is 31.1 Å². The largest absolute Gasteiger partial charge is 0.497 e. The normalized spacial score (nSPS) is 18.0. The van der Waals surface area contributed by atoms with E-state index >= 15 is 0 Å². The van der Waals surface area contributed by atoms with E-state index in [0.717, 1.165) is 11.3 Å². The van der Waals surface area contributed by atoms with E-state index in [2.05, 4.69) is 15.5 Å². The fourth-order valence-electron chi connectivity index (χ4n) is 2.70. The molecule has 1 aliphatic rings. The molecular formula is C17H20N4O3. The van der Waals surface area contributed by atoms with Crippen LogP contribution in [0.25, 0.3) is 11.3 Å². The summed E-state index contributed by atoms with van der Waals surface area (Å²) >= 11 is 0. The van der Waals surface area contributed by atoms with E-state index in [0.29, 0.717) is 30.9 Å². The lowest BCUT2D eigenvalue weighted by molar-refractivity contribution is -0.120. The molecule has 0 saturated carbocycles. The van der Waals surface area contributed by atoms with Gasteiger partial charge in [0.25, 0.3) is 5.91 Å². The van der Waals surface area contributed by atoms with Gasteiger partial charge in [-0.25, -0.2) is 0 Å². The van der Waals surface area contributed by atoms with Crippen molar-refractivity contribution in [3.63, 3.8) is 0 Å². The van der Waals surface area contributed by atoms with Crippen LogP contribution in [0.5, 0.6) is 5.75 Å². The van der Waals surface area contributed by atoms with Crippen LogP contribution in [0.3, 0.4) is 0 Å². The highest BCUT2D eigenvalue weighted by Gasteiger charge is 2.26. The van der Waals surface area contributed by atoms with E-state index in [4.69, 9.17) is 4.74 Å². The van der Waals surface area contributed by atoms with Crippen molar-refractivity contribution >= 4 is 11.8 Å². The lowest BCUT2D eigenvalue weighted by atomic mass is 10.1. The van der Waals surface area contributed by atoms with Crippen molar-refractivity contribution in [2.75, 3.05) is 20.2 Å². The van der Waals surface area contributed by atoms with Gasteiger partial charge in [0.2, 0.25) is 5.91 Å². The number of benzene rings is 1. The minimum absolute atomic E-state index is 0.0271. The van der Waals surface area contributed by atoms with Gasteiger partial charge < -0.3 is 15.0 Å². The number of aromatic amines is 1. The number of nitrogens with zero attached hydrogens (tertiary/aromatic N) is 2. The van der Waals surface area contributed by atoms with Crippen LogP contribution in [0, 0.1) is 0 Å². The molecule has 2 aromatic rings. The molecule has 2 N–H and O–H groups in total. The molecular weight excluding hydrogens is 308 g/mol. The molecule has 1 atom stereocenters. The van der Waals surface area contributed by atoms with Gasteiger partial charge >= 0.3 is 0 Å². The van der Waals surface area contributed by atoms with Crippen molar-refractivity contribution in [2.24, 2.45) is 0 Å². The van der Waals surface area contributed by atoms with E-state index in [1.54, 1.807) is 18.1 Å². The van der Waals surface area contributed by atoms with E-state index in [1.165, 1.54) is 0 Å². The summed E-state index contributed by atoms with van der Waals surface area (Å²) < 4.78 is 5.14. The zero-order chi connectivity index (χ0) is 17.1. The number of methoxy groups -OCH3 is 1. The number of amides is 2. The molecule has 126 valence electrons. The predicted octanol–water partition coefficient (Wildman–Crippen LogP) is 1.44.